The first-order valence-electron chi connectivity index (χ1n) is 6.56. The van der Waals surface area contributed by atoms with E-state index in [-0.39, 0.29) is 41.5 Å². The van der Waals surface area contributed by atoms with Gasteiger partial charge in [0.1, 0.15) is 5.01 Å². The first kappa shape index (κ1) is 19.7. The van der Waals surface area contributed by atoms with Gasteiger partial charge in [-0.3, -0.25) is 0 Å². The number of thiazole rings is 1. The predicted octanol–water partition coefficient (Wildman–Crippen LogP) is 4.27. The monoisotopic (exact) mass is 456 g/mol. The summed E-state index contributed by atoms with van der Waals surface area (Å²) in [4.78, 5) is 7.50. The lowest BCUT2D eigenvalue weighted by Crippen LogP contribution is -2.22. The van der Waals surface area contributed by atoms with Gasteiger partial charge in [0.25, 0.3) is 0 Å². The summed E-state index contributed by atoms with van der Waals surface area (Å²) in [6, 6.07) is 7.66. The Bertz CT molecular complexity index is 670. The Labute approximate surface area is 153 Å². The van der Waals surface area contributed by atoms with Crippen molar-refractivity contribution in [3.05, 3.63) is 45.9 Å². The van der Waals surface area contributed by atoms with Crippen LogP contribution in [0.4, 0.5) is 18.9 Å². The summed E-state index contributed by atoms with van der Waals surface area (Å²) in [7, 11) is 0. The van der Waals surface area contributed by atoms with E-state index in [1.54, 1.807) is 0 Å². The summed E-state index contributed by atoms with van der Waals surface area (Å²) in [5, 5.41) is 4.14. The van der Waals surface area contributed by atoms with Crippen LogP contribution in [0, 0.1) is 0 Å². The van der Waals surface area contributed by atoms with Crippen LogP contribution in [0.15, 0.2) is 34.6 Å². The van der Waals surface area contributed by atoms with Crippen LogP contribution >= 0.6 is 35.3 Å². The zero-order chi connectivity index (χ0) is 16.2. The number of hydrogen-bond donors (Lipinski definition) is 2. The number of aromatic nitrogens is 1. The molecule has 23 heavy (non-hydrogen) atoms. The topological polar surface area (TPSA) is 63.3 Å². The zero-order valence-corrected chi connectivity index (χ0v) is 15.4. The third kappa shape index (κ3) is 5.98. The summed E-state index contributed by atoms with van der Waals surface area (Å²) in [5.74, 6) is 0.136. The predicted molar refractivity (Wildman–Crippen MR) is 97.3 cm³/mol. The Kier molecular flexibility index (Phi) is 7.26. The average Bonchev–Trinajstić information content (AvgIpc) is 2.94. The Morgan fingerprint density at radius 3 is 2.74 bits per heavy atom. The van der Waals surface area contributed by atoms with Crippen LogP contribution in [0.2, 0.25) is 0 Å². The second-order valence-corrected chi connectivity index (χ2v) is 5.45. The number of benzene rings is 1. The SMILES string of the molecule is CCc1cccc(NC(N)=NCc2nc(C(F)(F)F)cs2)c1.I. The molecule has 0 spiro atoms. The van der Waals surface area contributed by atoms with Gasteiger partial charge in [-0.15, -0.1) is 35.3 Å². The van der Waals surface area contributed by atoms with Crippen LogP contribution in [0.5, 0.6) is 0 Å². The van der Waals surface area contributed by atoms with Gasteiger partial charge in [0.05, 0.1) is 6.54 Å². The average molecular weight is 456 g/mol. The molecule has 0 aliphatic carbocycles. The number of anilines is 1. The molecule has 0 fully saturated rings. The lowest BCUT2D eigenvalue weighted by Gasteiger charge is -2.06. The van der Waals surface area contributed by atoms with Crippen molar-refractivity contribution in [3.8, 4) is 0 Å². The molecule has 0 radical (unpaired) electrons. The Morgan fingerprint density at radius 2 is 2.13 bits per heavy atom. The molecule has 0 aliphatic rings. The van der Waals surface area contributed by atoms with Crippen molar-refractivity contribution in [2.45, 2.75) is 26.1 Å². The third-order valence-corrected chi connectivity index (χ3v) is 3.67. The third-order valence-electron chi connectivity index (χ3n) is 2.83. The van der Waals surface area contributed by atoms with E-state index in [1.807, 2.05) is 31.2 Å². The number of alkyl halides is 3. The van der Waals surface area contributed by atoms with E-state index < -0.39 is 11.9 Å². The molecule has 2 aromatic rings. The summed E-state index contributed by atoms with van der Waals surface area (Å²) < 4.78 is 37.3. The van der Waals surface area contributed by atoms with Crippen molar-refractivity contribution in [3.63, 3.8) is 0 Å². The molecule has 3 N–H and O–H groups in total. The van der Waals surface area contributed by atoms with Gasteiger partial charge in [-0.2, -0.15) is 13.2 Å². The fourth-order valence-electron chi connectivity index (χ4n) is 1.72. The normalized spacial score (nSPS) is 11.9. The molecule has 4 nitrogen and oxygen atoms in total. The molecule has 1 aromatic carbocycles. The number of aryl methyl sites for hydroxylation is 1. The fourth-order valence-corrected chi connectivity index (χ4v) is 2.45. The van der Waals surface area contributed by atoms with E-state index in [4.69, 9.17) is 5.73 Å². The molecule has 0 aliphatic heterocycles. The minimum atomic E-state index is -4.43. The molecule has 9 heteroatoms. The second kappa shape index (κ2) is 8.48. The van der Waals surface area contributed by atoms with Crippen LogP contribution < -0.4 is 11.1 Å². The molecule has 0 amide bonds. The summed E-state index contributed by atoms with van der Waals surface area (Å²) in [5.41, 5.74) is 6.77. The lowest BCUT2D eigenvalue weighted by atomic mass is 10.1. The number of nitrogens with two attached hydrogens (primary N) is 1. The number of nitrogens with one attached hydrogen (secondary N) is 1. The lowest BCUT2D eigenvalue weighted by molar-refractivity contribution is -0.140. The number of halogens is 4. The largest absolute Gasteiger partial charge is 0.434 e. The minimum Gasteiger partial charge on any atom is -0.370 e. The fraction of sp³-hybridized carbons (Fsp3) is 0.286. The molecular formula is C14H16F3IN4S. The maximum atomic E-state index is 12.4. The van der Waals surface area contributed by atoms with Gasteiger partial charge in [0.2, 0.25) is 0 Å². The molecule has 0 unspecified atom stereocenters. The Balaban J connectivity index is 0.00000264. The standard InChI is InChI=1S/C14H15F3N4S.HI/c1-2-9-4-3-5-10(6-9)20-13(18)19-7-12-21-11(8-22-12)14(15,16)17;/h3-6,8H,2,7H2,1H3,(H3,18,19,20);1H. The van der Waals surface area contributed by atoms with Gasteiger partial charge in [0, 0.05) is 11.1 Å². The Hall–Kier alpha value is -1.36. The van der Waals surface area contributed by atoms with Crippen LogP contribution in [-0.4, -0.2) is 10.9 Å². The molecule has 1 heterocycles. The Morgan fingerprint density at radius 1 is 1.39 bits per heavy atom. The molecule has 1 aromatic heterocycles. The summed E-state index contributed by atoms with van der Waals surface area (Å²) in [6.07, 6.45) is -3.53. The van der Waals surface area contributed by atoms with Crippen molar-refractivity contribution in [1.29, 1.82) is 0 Å². The molecule has 0 saturated heterocycles. The van der Waals surface area contributed by atoms with E-state index >= 15 is 0 Å². The number of hydrogen-bond acceptors (Lipinski definition) is 3. The first-order valence-corrected chi connectivity index (χ1v) is 7.44. The molecule has 0 saturated carbocycles. The van der Waals surface area contributed by atoms with Crippen LogP contribution in [0.1, 0.15) is 23.2 Å². The smallest absolute Gasteiger partial charge is 0.370 e. The zero-order valence-electron chi connectivity index (χ0n) is 12.2. The molecule has 0 atom stereocenters. The number of nitrogens with zero attached hydrogens (tertiary/aromatic N) is 2. The maximum Gasteiger partial charge on any atom is 0.434 e. The van der Waals surface area contributed by atoms with Crippen molar-refractivity contribution in [1.82, 2.24) is 4.98 Å². The van der Waals surface area contributed by atoms with Crippen molar-refractivity contribution in [2.24, 2.45) is 10.7 Å². The van der Waals surface area contributed by atoms with Gasteiger partial charge < -0.3 is 11.1 Å². The van der Waals surface area contributed by atoms with Crippen LogP contribution in [-0.2, 0) is 19.1 Å². The highest BCUT2D eigenvalue weighted by Crippen LogP contribution is 2.30. The summed E-state index contributed by atoms with van der Waals surface area (Å²) in [6.45, 7) is 2.05. The molecule has 126 valence electrons. The maximum absolute atomic E-state index is 12.4. The van der Waals surface area contributed by atoms with Crippen LogP contribution in [0.3, 0.4) is 0 Å². The van der Waals surface area contributed by atoms with Crippen molar-refractivity contribution in [2.75, 3.05) is 5.32 Å². The molecule has 2 rings (SSSR count). The van der Waals surface area contributed by atoms with E-state index in [2.05, 4.69) is 15.3 Å². The van der Waals surface area contributed by atoms with E-state index in [0.29, 0.717) is 0 Å². The highest BCUT2D eigenvalue weighted by Gasteiger charge is 2.33. The highest BCUT2D eigenvalue weighted by molar-refractivity contribution is 14.0. The van der Waals surface area contributed by atoms with E-state index in [9.17, 15) is 13.2 Å². The molecular weight excluding hydrogens is 440 g/mol. The van der Waals surface area contributed by atoms with Crippen molar-refractivity contribution < 1.29 is 13.2 Å². The van der Waals surface area contributed by atoms with E-state index in [1.165, 1.54) is 0 Å². The van der Waals surface area contributed by atoms with Gasteiger partial charge in [0.15, 0.2) is 11.7 Å². The van der Waals surface area contributed by atoms with Gasteiger partial charge in [-0.1, -0.05) is 19.1 Å². The minimum absolute atomic E-state index is 0. The van der Waals surface area contributed by atoms with Gasteiger partial charge in [-0.25, -0.2) is 9.98 Å². The number of aliphatic imine (C=N–C) groups is 1. The number of guanidine groups is 1. The van der Waals surface area contributed by atoms with Gasteiger partial charge in [-0.05, 0) is 24.1 Å². The van der Waals surface area contributed by atoms with Crippen molar-refractivity contribution >= 4 is 47.0 Å². The molecule has 0 bridgehead atoms. The second-order valence-electron chi connectivity index (χ2n) is 4.50. The summed E-state index contributed by atoms with van der Waals surface area (Å²) >= 11 is 0.909. The first-order chi connectivity index (χ1) is 10.4. The number of rotatable bonds is 4. The highest BCUT2D eigenvalue weighted by atomic mass is 127. The quantitative estimate of drug-likeness (QED) is 0.411. The van der Waals surface area contributed by atoms with Crippen LogP contribution in [0.25, 0.3) is 0 Å². The van der Waals surface area contributed by atoms with E-state index in [0.717, 1.165) is 34.4 Å². The van der Waals surface area contributed by atoms with Gasteiger partial charge >= 0.3 is 6.18 Å².